The Labute approximate surface area is 178 Å². The molecule has 1 amide bonds. The van der Waals surface area contributed by atoms with Gasteiger partial charge in [0.05, 0.1) is 10.6 Å². The number of rotatable bonds is 4. The zero-order chi connectivity index (χ0) is 21.4. The van der Waals surface area contributed by atoms with Crippen LogP contribution in [0.15, 0.2) is 30.5 Å². The molecule has 1 aliphatic heterocycles. The van der Waals surface area contributed by atoms with Crippen molar-refractivity contribution in [3.63, 3.8) is 0 Å². The maximum atomic E-state index is 12.8. The molecule has 0 unspecified atom stereocenters. The highest BCUT2D eigenvalue weighted by molar-refractivity contribution is 6.31. The number of hydrogen-bond donors (Lipinski definition) is 0. The Bertz CT molecular complexity index is 1140. The van der Waals surface area contributed by atoms with E-state index in [4.69, 9.17) is 11.6 Å². The number of aromatic nitrogens is 3. The monoisotopic (exact) mass is 428 g/mol. The van der Waals surface area contributed by atoms with Crippen molar-refractivity contribution in [1.29, 1.82) is 0 Å². The lowest BCUT2D eigenvalue weighted by Crippen LogP contribution is -2.49. The minimum Gasteiger partial charge on any atom is -0.368 e. The number of nitrogens with zero attached hydrogens (tertiary/aromatic N) is 6. The fourth-order valence-electron chi connectivity index (χ4n) is 3.68. The first-order valence-electron chi connectivity index (χ1n) is 9.60. The zero-order valence-corrected chi connectivity index (χ0v) is 17.5. The Kier molecular flexibility index (Phi) is 5.29. The first-order chi connectivity index (χ1) is 14.3. The predicted molar refractivity (Wildman–Crippen MR) is 114 cm³/mol. The molecule has 1 aromatic carbocycles. The number of benzene rings is 1. The molecule has 0 aliphatic carbocycles. The van der Waals surface area contributed by atoms with E-state index in [9.17, 15) is 14.9 Å². The number of piperazine rings is 1. The summed E-state index contributed by atoms with van der Waals surface area (Å²) in [5.41, 5.74) is 3.12. The molecule has 3 heterocycles. The predicted octanol–water partition coefficient (Wildman–Crippen LogP) is 2.96. The molecule has 30 heavy (non-hydrogen) atoms. The van der Waals surface area contributed by atoms with E-state index in [-0.39, 0.29) is 18.1 Å². The Morgan fingerprint density at radius 3 is 2.60 bits per heavy atom. The van der Waals surface area contributed by atoms with E-state index in [0.29, 0.717) is 29.8 Å². The van der Waals surface area contributed by atoms with Gasteiger partial charge in [-0.05, 0) is 37.6 Å². The van der Waals surface area contributed by atoms with Crippen LogP contribution in [-0.2, 0) is 11.3 Å². The van der Waals surface area contributed by atoms with Gasteiger partial charge in [-0.3, -0.25) is 14.9 Å². The smallest absolute Gasteiger partial charge is 0.288 e. The third-order valence-corrected chi connectivity index (χ3v) is 5.82. The van der Waals surface area contributed by atoms with Crippen LogP contribution in [0.4, 0.5) is 11.4 Å². The number of carbonyl (C=O) groups excluding carboxylic acids is 1. The average molecular weight is 429 g/mol. The molecule has 9 nitrogen and oxygen atoms in total. The standard InChI is InChI=1S/C20H21ClN6O3/c1-13-9-15(3-4-18(13)21)24-5-7-25(8-6-24)19(28)12-26-20-17(14(2)23-26)10-16(11-22-20)27(29)30/h3-4,9-11H,5-8,12H2,1-2H3. The van der Waals surface area contributed by atoms with Gasteiger partial charge in [0.2, 0.25) is 5.91 Å². The van der Waals surface area contributed by atoms with Crippen LogP contribution in [0.25, 0.3) is 11.0 Å². The second kappa shape index (κ2) is 7.91. The molecule has 0 atom stereocenters. The summed E-state index contributed by atoms with van der Waals surface area (Å²) in [5, 5.41) is 16.7. The van der Waals surface area contributed by atoms with Crippen molar-refractivity contribution in [3.05, 3.63) is 56.9 Å². The number of fused-ring (bicyclic) bond motifs is 1. The minimum atomic E-state index is -0.490. The summed E-state index contributed by atoms with van der Waals surface area (Å²) in [7, 11) is 0. The molecule has 0 radical (unpaired) electrons. The van der Waals surface area contributed by atoms with Crippen molar-refractivity contribution in [1.82, 2.24) is 19.7 Å². The van der Waals surface area contributed by atoms with Crippen LogP contribution in [0.5, 0.6) is 0 Å². The summed E-state index contributed by atoms with van der Waals surface area (Å²) in [6, 6.07) is 7.39. The molecule has 0 N–H and O–H groups in total. The number of anilines is 1. The van der Waals surface area contributed by atoms with Gasteiger partial charge in [0.15, 0.2) is 5.65 Å². The van der Waals surface area contributed by atoms with E-state index in [0.717, 1.165) is 29.4 Å². The van der Waals surface area contributed by atoms with Crippen molar-refractivity contribution in [2.24, 2.45) is 0 Å². The van der Waals surface area contributed by atoms with Crippen molar-refractivity contribution in [2.45, 2.75) is 20.4 Å². The van der Waals surface area contributed by atoms with Crippen LogP contribution in [-0.4, -0.2) is 56.7 Å². The molecule has 1 aliphatic rings. The third-order valence-electron chi connectivity index (χ3n) is 5.39. The quantitative estimate of drug-likeness (QED) is 0.468. The van der Waals surface area contributed by atoms with Gasteiger partial charge in [-0.1, -0.05) is 11.6 Å². The normalized spacial score (nSPS) is 14.4. The van der Waals surface area contributed by atoms with E-state index < -0.39 is 4.92 Å². The summed E-state index contributed by atoms with van der Waals surface area (Å²) >= 11 is 6.11. The molecule has 1 saturated heterocycles. The molecule has 0 saturated carbocycles. The van der Waals surface area contributed by atoms with Crippen molar-refractivity contribution >= 4 is 39.9 Å². The van der Waals surface area contributed by atoms with Crippen LogP contribution in [0.1, 0.15) is 11.3 Å². The lowest BCUT2D eigenvalue weighted by atomic mass is 10.2. The second-order valence-electron chi connectivity index (χ2n) is 7.37. The fourth-order valence-corrected chi connectivity index (χ4v) is 3.80. The molecule has 0 spiro atoms. The van der Waals surface area contributed by atoms with Gasteiger partial charge in [-0.25, -0.2) is 9.67 Å². The number of nitro groups is 1. The summed E-state index contributed by atoms with van der Waals surface area (Å²) in [5.74, 6) is -0.0495. The zero-order valence-electron chi connectivity index (χ0n) is 16.7. The van der Waals surface area contributed by atoms with Gasteiger partial charge >= 0.3 is 0 Å². The lowest BCUT2D eigenvalue weighted by molar-refractivity contribution is -0.385. The fraction of sp³-hybridized carbons (Fsp3) is 0.350. The van der Waals surface area contributed by atoms with Crippen molar-refractivity contribution in [3.8, 4) is 0 Å². The van der Waals surface area contributed by atoms with Crippen LogP contribution in [0.3, 0.4) is 0 Å². The number of halogens is 1. The maximum absolute atomic E-state index is 12.8. The summed E-state index contributed by atoms with van der Waals surface area (Å²) < 4.78 is 1.52. The number of hydrogen-bond acceptors (Lipinski definition) is 6. The molecule has 2 aromatic heterocycles. The number of pyridine rings is 1. The maximum Gasteiger partial charge on any atom is 0.288 e. The molecule has 156 valence electrons. The van der Waals surface area contributed by atoms with Gasteiger partial charge < -0.3 is 9.80 Å². The van der Waals surface area contributed by atoms with E-state index in [1.54, 1.807) is 6.92 Å². The number of amides is 1. The minimum absolute atomic E-state index is 0.0495. The highest BCUT2D eigenvalue weighted by atomic mass is 35.5. The van der Waals surface area contributed by atoms with Crippen LogP contribution < -0.4 is 4.90 Å². The molecular weight excluding hydrogens is 408 g/mol. The lowest BCUT2D eigenvalue weighted by Gasteiger charge is -2.36. The largest absolute Gasteiger partial charge is 0.368 e. The summed E-state index contributed by atoms with van der Waals surface area (Å²) in [6.07, 6.45) is 1.19. The Morgan fingerprint density at radius 1 is 1.20 bits per heavy atom. The van der Waals surface area contributed by atoms with E-state index >= 15 is 0 Å². The van der Waals surface area contributed by atoms with Gasteiger partial charge in [-0.2, -0.15) is 5.10 Å². The molecule has 4 rings (SSSR count). The summed E-state index contributed by atoms with van der Waals surface area (Å²) in [4.78, 5) is 31.5. The van der Waals surface area contributed by atoms with Crippen LogP contribution in [0, 0.1) is 24.0 Å². The van der Waals surface area contributed by atoms with E-state index in [1.165, 1.54) is 16.9 Å². The van der Waals surface area contributed by atoms with Gasteiger partial charge in [-0.15, -0.1) is 0 Å². The number of aryl methyl sites for hydroxylation is 2. The Morgan fingerprint density at radius 2 is 1.93 bits per heavy atom. The molecule has 0 bridgehead atoms. The third kappa shape index (κ3) is 3.80. The summed E-state index contributed by atoms with van der Waals surface area (Å²) in [6.45, 7) is 6.46. The highest BCUT2D eigenvalue weighted by Crippen LogP contribution is 2.24. The Balaban J connectivity index is 1.44. The van der Waals surface area contributed by atoms with E-state index in [1.807, 2.05) is 24.0 Å². The van der Waals surface area contributed by atoms with Crippen molar-refractivity contribution < 1.29 is 9.72 Å². The molecule has 10 heteroatoms. The first-order valence-corrected chi connectivity index (χ1v) is 9.97. The SMILES string of the molecule is Cc1cc(N2CCN(C(=O)Cn3nc(C)c4cc([N+](=O)[O-])cnc43)CC2)ccc1Cl. The first kappa shape index (κ1) is 20.1. The van der Waals surface area contributed by atoms with Gasteiger partial charge in [0.25, 0.3) is 5.69 Å². The van der Waals surface area contributed by atoms with Crippen molar-refractivity contribution in [2.75, 3.05) is 31.1 Å². The topological polar surface area (TPSA) is 97.4 Å². The van der Waals surface area contributed by atoms with E-state index in [2.05, 4.69) is 21.0 Å². The van der Waals surface area contributed by atoms with Crippen LogP contribution in [0.2, 0.25) is 5.02 Å². The molecular formula is C20H21ClN6O3. The van der Waals surface area contributed by atoms with Gasteiger partial charge in [0, 0.05) is 48.3 Å². The number of carbonyl (C=O) groups is 1. The second-order valence-corrected chi connectivity index (χ2v) is 7.77. The Hall–Kier alpha value is -3.20. The average Bonchev–Trinajstić information content (AvgIpc) is 3.05. The van der Waals surface area contributed by atoms with Crippen LogP contribution >= 0.6 is 11.6 Å². The molecule has 1 fully saturated rings. The van der Waals surface area contributed by atoms with Gasteiger partial charge in [0.1, 0.15) is 12.7 Å². The molecule has 3 aromatic rings. The highest BCUT2D eigenvalue weighted by Gasteiger charge is 2.23.